The van der Waals surface area contributed by atoms with Gasteiger partial charge in [-0.15, -0.1) is 0 Å². The Kier molecular flexibility index (Phi) is 5.16. The monoisotopic (exact) mass is 342 g/mol. The molecule has 0 spiro atoms. The molecule has 3 nitrogen and oxygen atoms in total. The summed E-state index contributed by atoms with van der Waals surface area (Å²) < 4.78 is 14.6. The fourth-order valence-electron chi connectivity index (χ4n) is 2.50. The summed E-state index contributed by atoms with van der Waals surface area (Å²) in [5, 5.41) is 3.38. The number of hydrogen-bond donors (Lipinski definition) is 1. The molecular weight excluding hydrogens is 323 g/mol. The van der Waals surface area contributed by atoms with Gasteiger partial charge in [0.2, 0.25) is 0 Å². The number of nitrogens with zero attached hydrogens (tertiary/aromatic N) is 1. The van der Waals surface area contributed by atoms with Crippen molar-refractivity contribution in [2.45, 2.75) is 38.8 Å². The van der Waals surface area contributed by atoms with Crippen LogP contribution in [0.5, 0.6) is 0 Å². The lowest BCUT2D eigenvalue weighted by molar-refractivity contribution is 0.0684. The molecule has 1 unspecified atom stereocenters. The van der Waals surface area contributed by atoms with Gasteiger partial charge in [0, 0.05) is 23.1 Å². The van der Waals surface area contributed by atoms with Gasteiger partial charge >= 0.3 is 0 Å². The quantitative estimate of drug-likeness (QED) is 0.911. The van der Waals surface area contributed by atoms with Crippen LogP contribution in [-0.2, 0) is 0 Å². The van der Waals surface area contributed by atoms with Crippen molar-refractivity contribution in [3.8, 4) is 0 Å². The first-order chi connectivity index (χ1) is 9.49. The van der Waals surface area contributed by atoms with Crippen molar-refractivity contribution < 1.29 is 9.18 Å². The minimum absolute atomic E-state index is 0.0490. The van der Waals surface area contributed by atoms with Gasteiger partial charge in [-0.05, 0) is 51.4 Å². The zero-order valence-electron chi connectivity index (χ0n) is 11.8. The van der Waals surface area contributed by atoms with Crippen LogP contribution in [0.1, 0.15) is 37.0 Å². The van der Waals surface area contributed by atoms with E-state index in [4.69, 9.17) is 0 Å². The number of benzene rings is 1. The summed E-state index contributed by atoms with van der Waals surface area (Å²) in [5.74, 6) is -0.715. The van der Waals surface area contributed by atoms with Crippen LogP contribution in [-0.4, -0.2) is 36.0 Å². The Morgan fingerprint density at radius 2 is 2.30 bits per heavy atom. The molecule has 0 radical (unpaired) electrons. The molecule has 1 aliphatic heterocycles. The Balaban J connectivity index is 2.17. The Hall–Kier alpha value is -0.940. The van der Waals surface area contributed by atoms with E-state index in [2.05, 4.69) is 21.2 Å². The van der Waals surface area contributed by atoms with Gasteiger partial charge in [0.1, 0.15) is 5.82 Å². The average molecular weight is 343 g/mol. The molecule has 1 aromatic rings. The third-order valence-corrected chi connectivity index (χ3v) is 4.12. The molecule has 1 saturated heterocycles. The number of nitrogens with one attached hydrogen (secondary N) is 1. The molecule has 1 amide bonds. The number of halogens is 2. The van der Waals surface area contributed by atoms with Gasteiger partial charge in [0.05, 0.1) is 5.56 Å². The number of amides is 1. The second kappa shape index (κ2) is 6.68. The normalized spacial score (nSPS) is 18.6. The first-order valence-corrected chi connectivity index (χ1v) is 7.77. The lowest BCUT2D eigenvalue weighted by Crippen LogP contribution is -2.45. The summed E-state index contributed by atoms with van der Waals surface area (Å²) in [6.45, 7) is 5.55. The number of carbonyl (C=O) groups excluding carboxylic acids is 1. The van der Waals surface area contributed by atoms with Crippen molar-refractivity contribution in [1.82, 2.24) is 10.2 Å². The topological polar surface area (TPSA) is 32.3 Å². The Morgan fingerprint density at radius 1 is 1.55 bits per heavy atom. The van der Waals surface area contributed by atoms with Crippen LogP contribution >= 0.6 is 15.9 Å². The zero-order chi connectivity index (χ0) is 14.7. The fourth-order valence-corrected chi connectivity index (χ4v) is 2.83. The van der Waals surface area contributed by atoms with Crippen LogP contribution in [0.25, 0.3) is 0 Å². The molecule has 0 bridgehead atoms. The highest BCUT2D eigenvalue weighted by molar-refractivity contribution is 9.10. The summed E-state index contributed by atoms with van der Waals surface area (Å²) in [5.41, 5.74) is 0.139. The van der Waals surface area contributed by atoms with Crippen molar-refractivity contribution in [3.63, 3.8) is 0 Å². The molecule has 1 N–H and O–H groups in total. The molecule has 1 atom stereocenters. The van der Waals surface area contributed by atoms with Gasteiger partial charge in [0.15, 0.2) is 0 Å². The number of carbonyl (C=O) groups is 1. The van der Waals surface area contributed by atoms with Crippen molar-refractivity contribution in [3.05, 3.63) is 34.1 Å². The van der Waals surface area contributed by atoms with Crippen LogP contribution in [0.2, 0.25) is 0 Å². The van der Waals surface area contributed by atoms with E-state index >= 15 is 0 Å². The van der Waals surface area contributed by atoms with E-state index in [1.54, 1.807) is 17.0 Å². The second-order valence-corrected chi connectivity index (χ2v) is 6.38. The van der Waals surface area contributed by atoms with Crippen molar-refractivity contribution in [2.24, 2.45) is 0 Å². The Labute approximate surface area is 127 Å². The van der Waals surface area contributed by atoms with E-state index in [0.29, 0.717) is 17.1 Å². The molecule has 0 aliphatic carbocycles. The predicted molar refractivity (Wildman–Crippen MR) is 81.3 cm³/mol. The Bertz CT molecular complexity index is 487. The van der Waals surface area contributed by atoms with E-state index in [1.165, 1.54) is 6.07 Å². The summed E-state index contributed by atoms with van der Waals surface area (Å²) >= 11 is 3.21. The van der Waals surface area contributed by atoms with Gasteiger partial charge < -0.3 is 10.2 Å². The van der Waals surface area contributed by atoms with Crippen molar-refractivity contribution in [2.75, 3.05) is 13.1 Å². The maximum atomic E-state index is 13.9. The third-order valence-electron chi connectivity index (χ3n) is 3.63. The SMILES string of the molecule is CC(C)N(CC1CCCN1)C(=O)c1ccc(Br)cc1F. The predicted octanol–water partition coefficient (Wildman–Crippen LogP) is 3.19. The largest absolute Gasteiger partial charge is 0.335 e. The maximum Gasteiger partial charge on any atom is 0.257 e. The highest BCUT2D eigenvalue weighted by Gasteiger charge is 2.26. The number of hydrogen-bond acceptors (Lipinski definition) is 2. The van der Waals surface area contributed by atoms with E-state index in [9.17, 15) is 9.18 Å². The van der Waals surface area contributed by atoms with Crippen LogP contribution in [0.3, 0.4) is 0 Å². The highest BCUT2D eigenvalue weighted by atomic mass is 79.9. The molecule has 2 rings (SSSR count). The minimum atomic E-state index is -0.477. The first kappa shape index (κ1) is 15.4. The minimum Gasteiger partial charge on any atom is -0.335 e. The van der Waals surface area contributed by atoms with Crippen molar-refractivity contribution >= 4 is 21.8 Å². The maximum absolute atomic E-state index is 13.9. The standard InChI is InChI=1S/C15H20BrFN2O/c1-10(2)19(9-12-4-3-7-18-12)15(20)13-6-5-11(16)8-14(13)17/h5-6,8,10,12,18H,3-4,7,9H2,1-2H3. The van der Waals surface area contributed by atoms with E-state index in [1.807, 2.05) is 13.8 Å². The lowest BCUT2D eigenvalue weighted by Gasteiger charge is -2.29. The molecule has 5 heteroatoms. The van der Waals surface area contributed by atoms with Gasteiger partial charge in [0.25, 0.3) is 5.91 Å². The molecular formula is C15H20BrFN2O. The van der Waals surface area contributed by atoms with E-state index < -0.39 is 5.82 Å². The van der Waals surface area contributed by atoms with Crippen LogP contribution < -0.4 is 5.32 Å². The van der Waals surface area contributed by atoms with Crippen LogP contribution in [0.4, 0.5) is 4.39 Å². The molecule has 1 aromatic carbocycles. The molecule has 1 aliphatic rings. The second-order valence-electron chi connectivity index (χ2n) is 5.47. The lowest BCUT2D eigenvalue weighted by atomic mass is 10.1. The van der Waals surface area contributed by atoms with Gasteiger partial charge in [-0.1, -0.05) is 15.9 Å². The summed E-state index contributed by atoms with van der Waals surface area (Å²) in [7, 11) is 0. The smallest absolute Gasteiger partial charge is 0.257 e. The van der Waals surface area contributed by atoms with Crippen LogP contribution in [0, 0.1) is 5.82 Å². The zero-order valence-corrected chi connectivity index (χ0v) is 13.4. The number of rotatable bonds is 4. The summed E-state index contributed by atoms with van der Waals surface area (Å²) in [6.07, 6.45) is 2.21. The Morgan fingerprint density at radius 3 is 2.85 bits per heavy atom. The first-order valence-electron chi connectivity index (χ1n) is 6.98. The molecule has 1 fully saturated rings. The van der Waals surface area contributed by atoms with Gasteiger partial charge in [-0.25, -0.2) is 4.39 Å². The van der Waals surface area contributed by atoms with E-state index in [-0.39, 0.29) is 17.5 Å². The molecule has 1 heterocycles. The fraction of sp³-hybridized carbons (Fsp3) is 0.533. The summed E-state index contributed by atoms with van der Waals surface area (Å²) in [4.78, 5) is 14.3. The van der Waals surface area contributed by atoms with E-state index in [0.717, 1.165) is 19.4 Å². The molecule has 110 valence electrons. The molecule has 0 saturated carbocycles. The summed E-state index contributed by atoms with van der Waals surface area (Å²) in [6, 6.07) is 4.94. The van der Waals surface area contributed by atoms with Gasteiger partial charge in [-0.2, -0.15) is 0 Å². The van der Waals surface area contributed by atoms with Crippen molar-refractivity contribution in [1.29, 1.82) is 0 Å². The molecule has 0 aromatic heterocycles. The highest BCUT2D eigenvalue weighted by Crippen LogP contribution is 2.19. The van der Waals surface area contributed by atoms with Gasteiger partial charge in [-0.3, -0.25) is 4.79 Å². The average Bonchev–Trinajstić information content (AvgIpc) is 2.87. The van der Waals surface area contributed by atoms with Crippen LogP contribution in [0.15, 0.2) is 22.7 Å². The third kappa shape index (κ3) is 3.58. The molecule has 20 heavy (non-hydrogen) atoms.